The Morgan fingerprint density at radius 2 is 1.21 bits per heavy atom. The van der Waals surface area contributed by atoms with Crippen LogP contribution in [0.4, 0.5) is 34.6 Å². The zero-order chi connectivity index (χ0) is 52.3. The van der Waals surface area contributed by atoms with Crippen LogP contribution in [0.15, 0.2) is 102 Å². The van der Waals surface area contributed by atoms with Crippen LogP contribution in [0.2, 0.25) is 0 Å². The molecule has 2 aliphatic rings. The summed E-state index contributed by atoms with van der Waals surface area (Å²) in [4.78, 5) is 59.1. The third-order valence-electron chi connectivity index (χ3n) is 11.3. The van der Waals surface area contributed by atoms with Crippen LogP contribution in [0.1, 0.15) is 39.1 Å². The smallest absolute Gasteiger partial charge is 0.341 e. The summed E-state index contributed by atoms with van der Waals surface area (Å²) in [5.41, 5.74) is 7.02. The second-order valence-electron chi connectivity index (χ2n) is 16.2. The Hall–Kier alpha value is -8.55. The average Bonchev–Trinajstić information content (AvgIpc) is 4.15. The first-order valence-electron chi connectivity index (χ1n) is 22.2. The van der Waals surface area contributed by atoms with Gasteiger partial charge in [-0.2, -0.15) is 19.2 Å². The molecule has 9 N–H and O–H groups in total. The summed E-state index contributed by atoms with van der Waals surface area (Å²) in [6.45, 7) is 3.32. The van der Waals surface area contributed by atoms with Gasteiger partial charge in [-0.1, -0.05) is 42.0 Å². The van der Waals surface area contributed by atoms with Gasteiger partial charge >= 0.3 is 5.97 Å². The number of benzene rings is 3. The van der Waals surface area contributed by atoms with Crippen molar-refractivity contribution in [1.82, 2.24) is 44.3 Å². The van der Waals surface area contributed by atoms with Crippen LogP contribution in [0.5, 0.6) is 11.5 Å². The van der Waals surface area contributed by atoms with Gasteiger partial charge in [0, 0.05) is 59.8 Å². The molecule has 9 rings (SSSR count). The number of quaternary nitrogens is 1. The minimum Gasteiger partial charge on any atom is -0.744 e. The zero-order valence-corrected chi connectivity index (χ0v) is 41.4. The number of carbonyl (C=O) groups is 4. The molecule has 72 heavy (non-hydrogen) atoms. The SMILES string of the molecule is CN1CC[C@@H]([NH3+])C1=O.CNc1cc(Nc2ccccc2OC)nc2c(C(=O)N[C@@H]3CCN(C)C3=O)cnn12.CNc1cc(Nc2ccccc2OC)nc2c(C(=O)O)cnn12.Cc1ccc(S(=O)(=O)[O-])cc1. The molecule has 0 bridgehead atoms. The molecule has 2 aliphatic heterocycles. The number of hydrogen-bond acceptors (Lipinski definition) is 17. The third kappa shape index (κ3) is 12.6. The van der Waals surface area contributed by atoms with Crippen molar-refractivity contribution in [2.24, 2.45) is 0 Å². The highest BCUT2D eigenvalue weighted by molar-refractivity contribution is 7.85. The largest absolute Gasteiger partial charge is 0.744 e. The van der Waals surface area contributed by atoms with Crippen molar-refractivity contribution in [1.29, 1.82) is 0 Å². The van der Waals surface area contributed by atoms with Crippen molar-refractivity contribution < 1.29 is 52.5 Å². The number of nitrogens with zero attached hydrogens (tertiary/aromatic N) is 8. The van der Waals surface area contributed by atoms with Crippen LogP contribution in [-0.4, -0.2) is 148 Å². The molecule has 25 heteroatoms. The molecule has 0 unspecified atom stereocenters. The van der Waals surface area contributed by atoms with Crippen LogP contribution in [0, 0.1) is 6.92 Å². The molecular formula is C47H56N14O10S. The Kier molecular flexibility index (Phi) is 17.1. The van der Waals surface area contributed by atoms with Gasteiger partial charge in [0.15, 0.2) is 17.3 Å². The maximum atomic E-state index is 12.9. The van der Waals surface area contributed by atoms with Gasteiger partial charge in [-0.05, 0) is 49.7 Å². The van der Waals surface area contributed by atoms with Crippen LogP contribution in [-0.2, 0) is 19.7 Å². The van der Waals surface area contributed by atoms with Crippen molar-refractivity contribution >= 4 is 79.7 Å². The molecule has 6 heterocycles. The summed E-state index contributed by atoms with van der Waals surface area (Å²) in [7, 11) is 5.93. The molecule has 4 aromatic heterocycles. The van der Waals surface area contributed by atoms with Gasteiger partial charge in [0.2, 0.25) is 5.91 Å². The third-order valence-corrected chi connectivity index (χ3v) is 12.1. The Bertz CT molecular complexity index is 3170. The molecular weight excluding hydrogens is 953 g/mol. The highest BCUT2D eigenvalue weighted by Crippen LogP contribution is 2.30. The van der Waals surface area contributed by atoms with Crippen molar-refractivity contribution in [3.05, 3.63) is 114 Å². The lowest BCUT2D eigenvalue weighted by molar-refractivity contribution is -0.401. The fourth-order valence-corrected chi connectivity index (χ4v) is 7.75. The van der Waals surface area contributed by atoms with E-state index in [1.54, 1.807) is 73.9 Å². The number of ether oxygens (including phenoxy) is 2. The van der Waals surface area contributed by atoms with Gasteiger partial charge < -0.3 is 61.3 Å². The fourth-order valence-electron chi connectivity index (χ4n) is 7.28. The minimum atomic E-state index is -4.27. The molecule has 3 amide bonds. The van der Waals surface area contributed by atoms with Gasteiger partial charge in [0.05, 0.1) is 42.9 Å². The predicted octanol–water partition coefficient (Wildman–Crippen LogP) is 3.06. The number of carboxylic acid groups (broad SMARTS) is 1. The maximum Gasteiger partial charge on any atom is 0.341 e. The van der Waals surface area contributed by atoms with Crippen LogP contribution in [0.3, 0.4) is 0 Å². The number of carbonyl (C=O) groups excluding carboxylic acids is 3. The number of methoxy groups -OCH3 is 2. The van der Waals surface area contributed by atoms with E-state index in [9.17, 15) is 37.3 Å². The molecule has 2 saturated heterocycles. The Labute approximate surface area is 414 Å². The number of likely N-dealkylation sites (tertiary alicyclic amines) is 2. The molecule has 3 aromatic carbocycles. The summed E-state index contributed by atoms with van der Waals surface area (Å²) in [5.74, 6) is 2.21. The topological polar surface area (TPSA) is 319 Å². The summed E-state index contributed by atoms with van der Waals surface area (Å²) < 4.78 is 44.8. The van der Waals surface area contributed by atoms with Crippen LogP contribution < -0.4 is 41.8 Å². The van der Waals surface area contributed by atoms with Crippen molar-refractivity contribution in [3.8, 4) is 11.5 Å². The number of rotatable bonds is 12. The number of aromatic nitrogens is 6. The van der Waals surface area contributed by atoms with E-state index in [0.717, 1.165) is 29.9 Å². The number of likely N-dealkylation sites (N-methyl/N-ethyl adjacent to an activating group) is 2. The molecule has 0 radical (unpaired) electrons. The molecule has 24 nitrogen and oxygen atoms in total. The number of anilines is 6. The first-order valence-corrected chi connectivity index (χ1v) is 23.6. The lowest BCUT2D eigenvalue weighted by Gasteiger charge is -2.13. The second-order valence-corrected chi connectivity index (χ2v) is 17.6. The maximum absolute atomic E-state index is 12.9. The summed E-state index contributed by atoms with van der Waals surface area (Å²) in [6, 6.07) is 23.7. The molecule has 7 aromatic rings. The van der Waals surface area contributed by atoms with Crippen molar-refractivity contribution in [3.63, 3.8) is 0 Å². The van der Waals surface area contributed by atoms with Gasteiger partial charge in [-0.15, -0.1) is 0 Å². The van der Waals surface area contributed by atoms with E-state index in [4.69, 9.17) is 9.47 Å². The Morgan fingerprint density at radius 3 is 1.61 bits per heavy atom. The molecule has 2 fully saturated rings. The number of hydrogen-bond donors (Lipinski definition) is 7. The van der Waals surface area contributed by atoms with E-state index in [1.165, 1.54) is 29.0 Å². The van der Waals surface area contributed by atoms with Crippen LogP contribution >= 0.6 is 0 Å². The number of carboxylic acids is 1. The number of amides is 3. The molecule has 0 spiro atoms. The summed E-state index contributed by atoms with van der Waals surface area (Å²) in [6.07, 6.45) is 4.23. The highest BCUT2D eigenvalue weighted by atomic mass is 32.2. The van der Waals surface area contributed by atoms with Gasteiger partial charge in [0.1, 0.15) is 62.1 Å². The number of para-hydroxylation sites is 4. The lowest BCUT2D eigenvalue weighted by Crippen LogP contribution is -2.64. The van der Waals surface area contributed by atoms with E-state index in [2.05, 4.69) is 52.5 Å². The van der Waals surface area contributed by atoms with E-state index >= 15 is 0 Å². The standard InChI is InChI=1S/C20H23N7O3.C15H15N5O3.C7H8O3S.C5H10N2O/c1-21-17-10-16(23-13-6-4-5-7-15(13)30-3)25-18-12(11-22-27(17)18)19(28)24-14-8-9-26(2)20(14)29;1-16-13-7-12(18-10-5-3-4-6-11(10)23-2)19-14-9(15(21)22)8-17-20(13)14;1-6-2-4-7(5-3-6)11(8,9)10;1-7-3-2-4(6)5(7)8/h4-7,10-11,14,21H,8-9H2,1-3H3,(H,23,25)(H,24,28);3-8,16H,1-2H3,(H,18,19)(H,21,22);2-5H,1H3,(H,8,9,10);4H,2-3,6H2,1H3/t14-;;;4-/m1..1/s1. The Balaban J connectivity index is 0.000000176. The quantitative estimate of drug-likeness (QED) is 0.0865. The average molecular weight is 1010 g/mol. The van der Waals surface area contributed by atoms with E-state index < -0.39 is 22.1 Å². The van der Waals surface area contributed by atoms with Gasteiger partial charge in [-0.3, -0.25) is 14.4 Å². The number of nitrogens with one attached hydrogen (secondary N) is 5. The lowest BCUT2D eigenvalue weighted by atomic mass is 10.2. The normalized spacial score (nSPS) is 15.1. The first kappa shape index (κ1) is 52.8. The molecule has 2 atom stereocenters. The highest BCUT2D eigenvalue weighted by Gasteiger charge is 2.32. The molecule has 380 valence electrons. The zero-order valence-electron chi connectivity index (χ0n) is 40.5. The molecule has 0 saturated carbocycles. The molecule has 0 aliphatic carbocycles. The van der Waals surface area contributed by atoms with E-state index in [0.29, 0.717) is 53.4 Å². The number of aromatic carboxylic acids is 1. The van der Waals surface area contributed by atoms with E-state index in [-0.39, 0.29) is 45.4 Å². The fraction of sp³-hybridized carbons (Fsp3) is 0.277. The Morgan fingerprint density at radius 1 is 0.736 bits per heavy atom. The number of aryl methyl sites for hydroxylation is 1. The predicted molar refractivity (Wildman–Crippen MR) is 266 cm³/mol. The second kappa shape index (κ2) is 23.4. The van der Waals surface area contributed by atoms with Crippen molar-refractivity contribution in [2.45, 2.75) is 36.7 Å². The van der Waals surface area contributed by atoms with Crippen LogP contribution in [0.25, 0.3) is 11.3 Å². The first-order chi connectivity index (χ1) is 34.4. The van der Waals surface area contributed by atoms with Crippen molar-refractivity contribution in [2.75, 3.05) is 76.8 Å². The van der Waals surface area contributed by atoms with Gasteiger partial charge in [-0.25, -0.2) is 23.2 Å². The minimum absolute atomic E-state index is 0.0278. The number of fused-ring (bicyclic) bond motifs is 2. The van der Waals surface area contributed by atoms with Gasteiger partial charge in [0.25, 0.3) is 11.8 Å². The summed E-state index contributed by atoms with van der Waals surface area (Å²) >= 11 is 0. The monoisotopic (exact) mass is 1010 g/mol. The van der Waals surface area contributed by atoms with E-state index in [1.807, 2.05) is 62.5 Å². The summed E-state index contributed by atoms with van der Waals surface area (Å²) in [5, 5.41) is 32.8.